The zero-order chi connectivity index (χ0) is 12.3. The zero-order valence-corrected chi connectivity index (χ0v) is 8.41. The number of hydrogen-bond donors (Lipinski definition) is 1. The van der Waals surface area contributed by atoms with E-state index in [1.807, 2.05) is 0 Å². The van der Waals surface area contributed by atoms with Crippen molar-refractivity contribution in [2.45, 2.75) is 6.92 Å². The fraction of sp³-hybridized carbons (Fsp3) is 0.200. The Labute approximate surface area is 90.7 Å². The lowest BCUT2D eigenvalue weighted by molar-refractivity contribution is -0.385. The zero-order valence-electron chi connectivity index (χ0n) is 8.41. The van der Waals surface area contributed by atoms with Crippen LogP contribution in [0.4, 0.5) is 5.69 Å². The number of para-hydroxylation sites is 1. The number of Topliss-reactive ketones (excluding diaryl/α,β-unsaturated/α-hetero) is 1. The van der Waals surface area contributed by atoms with Gasteiger partial charge in [-0.15, -0.1) is 0 Å². The molecule has 0 heterocycles. The Hall–Kier alpha value is -2.24. The van der Waals surface area contributed by atoms with Crippen molar-refractivity contribution in [2.24, 2.45) is 5.92 Å². The van der Waals surface area contributed by atoms with Crippen molar-refractivity contribution in [3.63, 3.8) is 0 Å². The Kier molecular flexibility index (Phi) is 3.34. The predicted octanol–water partition coefficient (Wildman–Crippen LogP) is 1.50. The van der Waals surface area contributed by atoms with Gasteiger partial charge in [-0.25, -0.2) is 0 Å². The molecule has 6 nitrogen and oxygen atoms in total. The van der Waals surface area contributed by atoms with Crippen LogP contribution in [-0.2, 0) is 4.79 Å². The quantitative estimate of drug-likeness (QED) is 0.361. The van der Waals surface area contributed by atoms with Gasteiger partial charge in [0.15, 0.2) is 5.78 Å². The first kappa shape index (κ1) is 11.8. The molecule has 0 bridgehead atoms. The molecule has 0 aliphatic carbocycles. The van der Waals surface area contributed by atoms with Gasteiger partial charge in [-0.2, -0.15) is 0 Å². The summed E-state index contributed by atoms with van der Waals surface area (Å²) < 4.78 is 0. The average Bonchev–Trinajstić information content (AvgIpc) is 2.26. The van der Waals surface area contributed by atoms with E-state index in [0.29, 0.717) is 0 Å². The first-order valence-corrected chi connectivity index (χ1v) is 4.45. The van der Waals surface area contributed by atoms with Crippen molar-refractivity contribution in [3.05, 3.63) is 39.9 Å². The number of carboxylic acids is 1. The third-order valence-corrected chi connectivity index (χ3v) is 2.13. The van der Waals surface area contributed by atoms with Crippen LogP contribution >= 0.6 is 0 Å². The van der Waals surface area contributed by atoms with Gasteiger partial charge in [0.05, 0.1) is 10.5 Å². The minimum Gasteiger partial charge on any atom is -0.481 e. The standard InChI is InChI=1S/C10H9NO5/c1-6(10(13)14)9(12)7-4-2-3-5-8(7)11(15)16/h2-6H,1H3,(H,13,14). The minimum absolute atomic E-state index is 0.178. The average molecular weight is 223 g/mol. The first-order valence-electron chi connectivity index (χ1n) is 4.45. The molecule has 0 aliphatic heterocycles. The number of nitrogens with zero attached hydrogens (tertiary/aromatic N) is 1. The number of rotatable bonds is 4. The lowest BCUT2D eigenvalue weighted by Crippen LogP contribution is -2.21. The topological polar surface area (TPSA) is 97.5 Å². The maximum Gasteiger partial charge on any atom is 0.314 e. The van der Waals surface area contributed by atoms with E-state index >= 15 is 0 Å². The molecule has 0 aliphatic rings. The molecule has 6 heteroatoms. The van der Waals surface area contributed by atoms with Crippen LogP contribution in [0.3, 0.4) is 0 Å². The second kappa shape index (κ2) is 4.52. The molecule has 0 fully saturated rings. The number of carbonyl (C=O) groups excluding carboxylic acids is 1. The molecule has 0 radical (unpaired) electrons. The number of nitro groups is 1. The van der Waals surface area contributed by atoms with Crippen LogP contribution in [0.5, 0.6) is 0 Å². The maximum absolute atomic E-state index is 11.6. The number of carboxylic acid groups (broad SMARTS) is 1. The van der Waals surface area contributed by atoms with E-state index in [2.05, 4.69) is 0 Å². The van der Waals surface area contributed by atoms with E-state index in [9.17, 15) is 19.7 Å². The highest BCUT2D eigenvalue weighted by atomic mass is 16.6. The van der Waals surface area contributed by atoms with Gasteiger partial charge < -0.3 is 5.11 Å². The molecule has 16 heavy (non-hydrogen) atoms. The van der Waals surface area contributed by atoms with E-state index in [0.717, 1.165) is 0 Å². The summed E-state index contributed by atoms with van der Waals surface area (Å²) in [4.78, 5) is 32.1. The Bertz CT molecular complexity index is 454. The molecule has 1 aromatic rings. The Morgan fingerprint density at radius 2 is 1.94 bits per heavy atom. The molecule has 1 rings (SSSR count). The van der Waals surface area contributed by atoms with Crippen LogP contribution in [-0.4, -0.2) is 21.8 Å². The van der Waals surface area contributed by atoms with Crippen molar-refractivity contribution in [1.29, 1.82) is 0 Å². The van der Waals surface area contributed by atoms with Gasteiger partial charge in [0, 0.05) is 6.07 Å². The van der Waals surface area contributed by atoms with Gasteiger partial charge in [0.25, 0.3) is 5.69 Å². The summed E-state index contributed by atoms with van der Waals surface area (Å²) in [6.45, 7) is 1.20. The minimum atomic E-state index is -1.30. The SMILES string of the molecule is CC(C(=O)O)C(=O)c1ccccc1[N+](=O)[O-]. The second-order valence-corrected chi connectivity index (χ2v) is 3.20. The van der Waals surface area contributed by atoms with Crippen LogP contribution in [0.1, 0.15) is 17.3 Å². The van der Waals surface area contributed by atoms with Gasteiger partial charge in [-0.1, -0.05) is 12.1 Å². The predicted molar refractivity (Wildman–Crippen MR) is 54.2 cm³/mol. The number of benzene rings is 1. The Morgan fingerprint density at radius 1 is 1.38 bits per heavy atom. The second-order valence-electron chi connectivity index (χ2n) is 3.20. The van der Waals surface area contributed by atoms with Crippen LogP contribution < -0.4 is 0 Å². The third-order valence-electron chi connectivity index (χ3n) is 2.13. The van der Waals surface area contributed by atoms with Crippen molar-refractivity contribution < 1.29 is 19.6 Å². The Morgan fingerprint density at radius 3 is 2.44 bits per heavy atom. The van der Waals surface area contributed by atoms with Gasteiger partial charge in [-0.3, -0.25) is 19.7 Å². The molecule has 1 N–H and O–H groups in total. The van der Waals surface area contributed by atoms with E-state index in [1.165, 1.54) is 31.2 Å². The number of nitro benzene ring substituents is 1. The summed E-state index contributed by atoms with van der Waals surface area (Å²) in [7, 11) is 0. The van der Waals surface area contributed by atoms with Crippen molar-refractivity contribution >= 4 is 17.4 Å². The fourth-order valence-electron chi connectivity index (χ4n) is 1.19. The van der Waals surface area contributed by atoms with Crippen LogP contribution in [0.25, 0.3) is 0 Å². The summed E-state index contributed by atoms with van der Waals surface area (Å²) in [6, 6.07) is 5.29. The summed E-state index contributed by atoms with van der Waals surface area (Å²) in [6.07, 6.45) is 0. The van der Waals surface area contributed by atoms with Gasteiger partial charge >= 0.3 is 5.97 Å². The van der Waals surface area contributed by atoms with Gasteiger partial charge in [0.2, 0.25) is 0 Å². The third kappa shape index (κ3) is 2.22. The normalized spacial score (nSPS) is 11.8. The van der Waals surface area contributed by atoms with Gasteiger partial charge in [-0.05, 0) is 13.0 Å². The molecule has 0 saturated heterocycles. The highest BCUT2D eigenvalue weighted by Gasteiger charge is 2.27. The van der Waals surface area contributed by atoms with Gasteiger partial charge in [0.1, 0.15) is 5.92 Å². The summed E-state index contributed by atoms with van der Waals surface area (Å²) in [5, 5.41) is 19.3. The largest absolute Gasteiger partial charge is 0.481 e. The molecule has 0 saturated carbocycles. The van der Waals surface area contributed by atoms with Crippen LogP contribution in [0.15, 0.2) is 24.3 Å². The molecule has 1 aromatic carbocycles. The molecule has 84 valence electrons. The Balaban J connectivity index is 3.18. The van der Waals surface area contributed by atoms with Crippen molar-refractivity contribution in [1.82, 2.24) is 0 Å². The molecule has 1 atom stereocenters. The first-order chi connectivity index (χ1) is 7.45. The number of aliphatic carboxylic acids is 1. The van der Waals surface area contributed by atoms with E-state index in [4.69, 9.17) is 5.11 Å². The molecule has 1 unspecified atom stereocenters. The molecule has 0 amide bonds. The van der Waals surface area contributed by atoms with Crippen molar-refractivity contribution in [2.75, 3.05) is 0 Å². The summed E-state index contributed by atoms with van der Waals surface area (Å²) in [5.41, 5.74) is -0.553. The van der Waals surface area contributed by atoms with E-state index in [1.54, 1.807) is 0 Å². The lowest BCUT2D eigenvalue weighted by atomic mass is 9.98. The molecular formula is C10H9NO5. The van der Waals surface area contributed by atoms with E-state index < -0.39 is 22.6 Å². The monoisotopic (exact) mass is 223 g/mol. The lowest BCUT2D eigenvalue weighted by Gasteiger charge is -2.05. The maximum atomic E-state index is 11.6. The van der Waals surface area contributed by atoms with Crippen LogP contribution in [0.2, 0.25) is 0 Å². The number of ketones is 1. The molecular weight excluding hydrogens is 214 g/mol. The number of hydrogen-bond acceptors (Lipinski definition) is 4. The molecule has 0 spiro atoms. The van der Waals surface area contributed by atoms with Crippen molar-refractivity contribution in [3.8, 4) is 0 Å². The molecule has 0 aromatic heterocycles. The van der Waals surface area contributed by atoms with E-state index in [-0.39, 0.29) is 11.3 Å². The number of carbonyl (C=O) groups is 2. The fourth-order valence-corrected chi connectivity index (χ4v) is 1.19. The highest BCUT2D eigenvalue weighted by molar-refractivity contribution is 6.09. The highest BCUT2D eigenvalue weighted by Crippen LogP contribution is 2.21. The summed E-state index contributed by atoms with van der Waals surface area (Å²) in [5.74, 6) is -3.36. The smallest absolute Gasteiger partial charge is 0.314 e. The van der Waals surface area contributed by atoms with Crippen LogP contribution in [0, 0.1) is 16.0 Å². The summed E-state index contributed by atoms with van der Waals surface area (Å²) >= 11 is 0.